The summed E-state index contributed by atoms with van der Waals surface area (Å²) in [6, 6.07) is 23.0. The molecule has 0 bridgehead atoms. The molecule has 0 fully saturated rings. The van der Waals surface area contributed by atoms with E-state index in [-0.39, 0.29) is 5.91 Å². The third kappa shape index (κ3) is 2.52. The highest BCUT2D eigenvalue weighted by atomic mass is 35.5. The van der Waals surface area contributed by atoms with E-state index >= 15 is 0 Å². The summed E-state index contributed by atoms with van der Waals surface area (Å²) >= 11 is 7.79. The molecule has 0 atom stereocenters. The van der Waals surface area contributed by atoms with Gasteiger partial charge in [0.1, 0.15) is 0 Å². The molecule has 0 N–H and O–H groups in total. The van der Waals surface area contributed by atoms with Gasteiger partial charge in [0.05, 0.1) is 11.3 Å². The van der Waals surface area contributed by atoms with E-state index in [4.69, 9.17) is 11.6 Å². The number of nitrogens with zero attached hydrogens (tertiary/aromatic N) is 1. The molecule has 1 aliphatic heterocycles. The molecule has 2 nitrogen and oxygen atoms in total. The zero-order valence-corrected chi connectivity index (χ0v) is 13.6. The van der Waals surface area contributed by atoms with Crippen molar-refractivity contribution in [2.75, 3.05) is 4.90 Å². The third-order valence-electron chi connectivity index (χ3n) is 3.72. The van der Waals surface area contributed by atoms with E-state index in [0.29, 0.717) is 10.6 Å². The Balaban J connectivity index is 2.00. The summed E-state index contributed by atoms with van der Waals surface area (Å²) in [5, 5.41) is 0.615. The number of hydrogen-bond acceptors (Lipinski definition) is 2. The average Bonchev–Trinajstić information content (AvgIpc) is 2.70. The van der Waals surface area contributed by atoms with Crippen molar-refractivity contribution < 1.29 is 4.79 Å². The summed E-state index contributed by atoms with van der Waals surface area (Å²) in [4.78, 5) is 16.9. The molecule has 0 radical (unpaired) electrons. The van der Waals surface area contributed by atoms with Gasteiger partial charge >= 0.3 is 0 Å². The number of carbonyl (C=O) groups excluding carboxylic acids is 1. The van der Waals surface area contributed by atoms with Crippen LogP contribution < -0.4 is 4.90 Å². The van der Waals surface area contributed by atoms with Crippen molar-refractivity contribution >= 4 is 40.6 Å². The van der Waals surface area contributed by atoms with Gasteiger partial charge in [0.2, 0.25) is 0 Å². The lowest BCUT2D eigenvalue weighted by atomic mass is 10.1. The molecule has 23 heavy (non-hydrogen) atoms. The molecule has 0 saturated carbocycles. The normalized spacial score (nSPS) is 13.3. The van der Waals surface area contributed by atoms with Crippen molar-refractivity contribution in [2.45, 2.75) is 9.79 Å². The van der Waals surface area contributed by atoms with Crippen molar-refractivity contribution in [2.24, 2.45) is 0 Å². The van der Waals surface area contributed by atoms with E-state index in [1.165, 1.54) is 0 Å². The number of amides is 1. The Morgan fingerprint density at radius 1 is 0.826 bits per heavy atom. The Morgan fingerprint density at radius 3 is 2.39 bits per heavy atom. The Bertz CT molecular complexity index is 895. The number of rotatable bonds is 1. The lowest BCUT2D eigenvalue weighted by Crippen LogP contribution is -2.25. The van der Waals surface area contributed by atoms with Gasteiger partial charge in [-0.15, -0.1) is 0 Å². The summed E-state index contributed by atoms with van der Waals surface area (Å²) < 4.78 is 0. The lowest BCUT2D eigenvalue weighted by Gasteiger charge is -2.23. The lowest BCUT2D eigenvalue weighted by molar-refractivity contribution is 0.0996. The van der Waals surface area contributed by atoms with Gasteiger partial charge in [-0.3, -0.25) is 9.69 Å². The monoisotopic (exact) mass is 337 g/mol. The zero-order valence-electron chi connectivity index (χ0n) is 12.1. The maximum atomic E-state index is 13.2. The molecule has 112 valence electrons. The molecule has 0 saturated heterocycles. The van der Waals surface area contributed by atoms with E-state index in [1.54, 1.807) is 16.7 Å². The maximum Gasteiger partial charge on any atom is 0.264 e. The first-order chi connectivity index (χ1) is 11.2. The zero-order chi connectivity index (χ0) is 15.8. The number of para-hydroxylation sites is 1. The van der Waals surface area contributed by atoms with Gasteiger partial charge in [0.15, 0.2) is 0 Å². The molecule has 0 aliphatic carbocycles. The summed E-state index contributed by atoms with van der Waals surface area (Å²) in [7, 11) is 0. The average molecular weight is 338 g/mol. The number of halogens is 1. The third-order valence-corrected chi connectivity index (χ3v) is 5.09. The van der Waals surface area contributed by atoms with Crippen LogP contribution in [0.1, 0.15) is 10.4 Å². The molecular formula is C19H12ClNOS. The number of benzene rings is 3. The first-order valence-corrected chi connectivity index (χ1v) is 8.39. The van der Waals surface area contributed by atoms with Crippen molar-refractivity contribution in [3.8, 4) is 0 Å². The fraction of sp³-hybridized carbons (Fsp3) is 0. The highest BCUT2D eigenvalue weighted by Gasteiger charge is 2.28. The van der Waals surface area contributed by atoms with Gasteiger partial charge in [-0.05, 0) is 42.5 Å². The molecule has 1 heterocycles. The molecule has 4 rings (SSSR count). The number of carbonyl (C=O) groups is 1. The van der Waals surface area contributed by atoms with Crippen LogP contribution in [0.4, 0.5) is 11.4 Å². The van der Waals surface area contributed by atoms with Crippen molar-refractivity contribution in [1.29, 1.82) is 0 Å². The van der Waals surface area contributed by atoms with E-state index in [0.717, 1.165) is 21.2 Å². The molecule has 3 aromatic rings. The fourth-order valence-electron chi connectivity index (χ4n) is 2.67. The topological polar surface area (TPSA) is 20.3 Å². The van der Waals surface area contributed by atoms with Crippen LogP contribution in [0.5, 0.6) is 0 Å². The van der Waals surface area contributed by atoms with E-state index in [9.17, 15) is 4.79 Å². The molecule has 1 amide bonds. The van der Waals surface area contributed by atoms with E-state index in [1.807, 2.05) is 72.8 Å². The number of anilines is 2. The smallest absolute Gasteiger partial charge is 0.264 e. The second-order valence-electron chi connectivity index (χ2n) is 5.19. The Morgan fingerprint density at radius 2 is 1.57 bits per heavy atom. The van der Waals surface area contributed by atoms with Crippen molar-refractivity contribution in [1.82, 2.24) is 0 Å². The van der Waals surface area contributed by atoms with E-state index < -0.39 is 0 Å². The van der Waals surface area contributed by atoms with Gasteiger partial charge < -0.3 is 0 Å². The van der Waals surface area contributed by atoms with Gasteiger partial charge in [0.25, 0.3) is 5.91 Å². The standard InChI is InChI=1S/C19H12ClNOS/c20-13-10-11-18-16(12-13)21(14-6-2-1-3-7-14)19(22)15-8-4-5-9-17(15)23-18/h1-12H. The molecular weight excluding hydrogens is 326 g/mol. The van der Waals surface area contributed by atoms with Crippen LogP contribution in [0.15, 0.2) is 82.6 Å². The first kappa shape index (κ1) is 14.4. The summed E-state index contributed by atoms with van der Waals surface area (Å²) in [5.74, 6) is -0.0414. The van der Waals surface area contributed by atoms with Gasteiger partial charge in [-0.1, -0.05) is 53.7 Å². The Kier molecular flexibility index (Phi) is 3.60. The van der Waals surface area contributed by atoms with Crippen LogP contribution in [0, 0.1) is 0 Å². The molecule has 1 aliphatic rings. The van der Waals surface area contributed by atoms with E-state index in [2.05, 4.69) is 0 Å². The van der Waals surface area contributed by atoms with Gasteiger partial charge in [-0.25, -0.2) is 0 Å². The predicted molar refractivity (Wildman–Crippen MR) is 94.9 cm³/mol. The first-order valence-electron chi connectivity index (χ1n) is 7.20. The minimum atomic E-state index is -0.0414. The Labute approximate surface area is 143 Å². The van der Waals surface area contributed by atoms with Gasteiger partial charge in [0, 0.05) is 20.5 Å². The van der Waals surface area contributed by atoms with Crippen molar-refractivity contribution in [3.63, 3.8) is 0 Å². The van der Waals surface area contributed by atoms with Crippen LogP contribution in [0.3, 0.4) is 0 Å². The number of hydrogen-bond donors (Lipinski definition) is 0. The minimum absolute atomic E-state index is 0.0414. The molecule has 0 unspecified atom stereocenters. The molecule has 3 aromatic carbocycles. The van der Waals surface area contributed by atoms with Crippen LogP contribution >= 0.6 is 23.4 Å². The highest BCUT2D eigenvalue weighted by Crippen LogP contribution is 2.44. The maximum absolute atomic E-state index is 13.2. The van der Waals surface area contributed by atoms with Crippen LogP contribution in [0.25, 0.3) is 0 Å². The molecule has 4 heteroatoms. The molecule has 0 spiro atoms. The van der Waals surface area contributed by atoms with Crippen LogP contribution in [0.2, 0.25) is 5.02 Å². The van der Waals surface area contributed by atoms with Crippen LogP contribution in [-0.2, 0) is 0 Å². The second kappa shape index (κ2) is 5.76. The predicted octanol–water partition coefficient (Wildman–Crippen LogP) is 5.78. The van der Waals surface area contributed by atoms with Gasteiger partial charge in [-0.2, -0.15) is 0 Å². The number of fused-ring (bicyclic) bond motifs is 2. The molecule has 0 aromatic heterocycles. The summed E-state index contributed by atoms with van der Waals surface area (Å²) in [6.45, 7) is 0. The SMILES string of the molecule is O=C1c2ccccc2Sc2ccc(Cl)cc2N1c1ccccc1. The minimum Gasteiger partial charge on any atom is -0.276 e. The fourth-order valence-corrected chi connectivity index (χ4v) is 3.87. The second-order valence-corrected chi connectivity index (χ2v) is 6.71. The largest absolute Gasteiger partial charge is 0.276 e. The summed E-state index contributed by atoms with van der Waals surface area (Å²) in [6.07, 6.45) is 0. The van der Waals surface area contributed by atoms with Crippen LogP contribution in [-0.4, -0.2) is 5.91 Å². The Hall–Kier alpha value is -2.23. The quantitative estimate of drug-likeness (QED) is 0.560. The summed E-state index contributed by atoms with van der Waals surface area (Å²) in [5.41, 5.74) is 2.35. The van der Waals surface area contributed by atoms with Crippen molar-refractivity contribution in [3.05, 3.63) is 83.4 Å². The highest BCUT2D eigenvalue weighted by molar-refractivity contribution is 7.99.